The lowest BCUT2D eigenvalue weighted by Crippen LogP contribution is -2.19. The van der Waals surface area contributed by atoms with E-state index < -0.39 is 0 Å². The summed E-state index contributed by atoms with van der Waals surface area (Å²) in [5.74, 6) is -0.416. The van der Waals surface area contributed by atoms with E-state index in [0.29, 0.717) is 32.6 Å². The minimum atomic E-state index is -0.352. The summed E-state index contributed by atoms with van der Waals surface area (Å²) in [7, 11) is 1.69. The van der Waals surface area contributed by atoms with Crippen molar-refractivity contribution >= 4 is 34.8 Å². The smallest absolute Gasteiger partial charge is 0.271 e. The zero-order valence-corrected chi connectivity index (χ0v) is 16.1. The number of nitrogens with one attached hydrogen (secondary N) is 1. The fraction of sp³-hybridized carbons (Fsp3) is 0.105. The molecule has 0 unspecified atom stereocenters. The van der Waals surface area contributed by atoms with Gasteiger partial charge in [-0.15, -0.1) is 0 Å². The molecule has 0 aliphatic rings. The average molecular weight is 403 g/mol. The van der Waals surface area contributed by atoms with Gasteiger partial charge in [0.15, 0.2) is 11.4 Å². The van der Waals surface area contributed by atoms with Crippen LogP contribution in [0.4, 0.5) is 0 Å². The van der Waals surface area contributed by atoms with E-state index in [1.54, 1.807) is 56.4 Å². The highest BCUT2D eigenvalue weighted by Gasteiger charge is 2.20. The largest absolute Gasteiger partial charge is 0.504 e. The number of aryl methyl sites for hydroxylation is 1. The number of benzene rings is 2. The summed E-state index contributed by atoms with van der Waals surface area (Å²) in [4.78, 5) is 12.1. The maximum absolute atomic E-state index is 12.1. The van der Waals surface area contributed by atoms with Crippen molar-refractivity contribution in [3.8, 4) is 17.0 Å². The van der Waals surface area contributed by atoms with Crippen LogP contribution in [0.25, 0.3) is 11.3 Å². The normalized spacial score (nSPS) is 11.5. The van der Waals surface area contributed by atoms with Crippen LogP contribution in [-0.4, -0.2) is 26.5 Å². The predicted molar refractivity (Wildman–Crippen MR) is 106 cm³/mol. The van der Waals surface area contributed by atoms with Crippen LogP contribution < -0.4 is 5.43 Å². The SMILES string of the molecule is CC(=NNC(=O)c1ccccc1)c1nn(C)c(-c2ccc(Cl)c(Cl)c2)c1O. The Labute approximate surface area is 166 Å². The molecule has 0 saturated heterocycles. The lowest BCUT2D eigenvalue weighted by Gasteiger charge is -2.04. The highest BCUT2D eigenvalue weighted by molar-refractivity contribution is 6.42. The van der Waals surface area contributed by atoms with E-state index in [2.05, 4.69) is 15.6 Å². The molecule has 27 heavy (non-hydrogen) atoms. The second-order valence-corrected chi connectivity index (χ2v) is 6.62. The summed E-state index contributed by atoms with van der Waals surface area (Å²) >= 11 is 12.0. The van der Waals surface area contributed by atoms with E-state index in [-0.39, 0.29) is 17.4 Å². The van der Waals surface area contributed by atoms with Gasteiger partial charge in [-0.25, -0.2) is 5.43 Å². The summed E-state index contributed by atoms with van der Waals surface area (Å²) in [5, 5.41) is 19.8. The first-order chi connectivity index (χ1) is 12.9. The van der Waals surface area contributed by atoms with Crippen molar-refractivity contribution in [1.29, 1.82) is 0 Å². The number of halogens is 2. The van der Waals surface area contributed by atoms with Gasteiger partial charge >= 0.3 is 0 Å². The monoisotopic (exact) mass is 402 g/mol. The molecule has 3 rings (SSSR count). The quantitative estimate of drug-likeness (QED) is 0.505. The van der Waals surface area contributed by atoms with E-state index in [0.717, 1.165) is 0 Å². The molecule has 1 heterocycles. The standard InChI is InChI=1S/C19H16Cl2N4O2/c1-11(22-23-19(27)12-6-4-3-5-7-12)16-18(26)17(25(2)24-16)13-8-9-14(20)15(21)10-13/h3-10,26H,1-2H3,(H,23,27). The molecule has 1 amide bonds. The van der Waals surface area contributed by atoms with E-state index in [9.17, 15) is 9.90 Å². The van der Waals surface area contributed by atoms with Crippen LogP contribution in [0, 0.1) is 0 Å². The molecule has 2 N–H and O–H groups in total. The third kappa shape index (κ3) is 3.97. The van der Waals surface area contributed by atoms with Crippen LogP contribution in [-0.2, 0) is 7.05 Å². The van der Waals surface area contributed by atoms with Gasteiger partial charge in [0.25, 0.3) is 5.91 Å². The predicted octanol–water partition coefficient (Wildman–Crippen LogP) is 4.25. The van der Waals surface area contributed by atoms with Crippen molar-refractivity contribution < 1.29 is 9.90 Å². The molecular formula is C19H16Cl2N4O2. The Morgan fingerprint density at radius 1 is 1.15 bits per heavy atom. The number of hydrogen-bond acceptors (Lipinski definition) is 4. The number of hydrogen-bond donors (Lipinski definition) is 2. The summed E-state index contributed by atoms with van der Waals surface area (Å²) in [6.45, 7) is 1.64. The summed E-state index contributed by atoms with van der Waals surface area (Å²) in [6, 6.07) is 13.7. The first-order valence-electron chi connectivity index (χ1n) is 8.00. The first kappa shape index (κ1) is 18.9. The Morgan fingerprint density at radius 2 is 1.85 bits per heavy atom. The van der Waals surface area contributed by atoms with Gasteiger partial charge in [-0.05, 0) is 31.2 Å². The number of carbonyl (C=O) groups excluding carboxylic acids is 1. The maximum atomic E-state index is 12.1. The Morgan fingerprint density at radius 3 is 2.52 bits per heavy atom. The van der Waals surface area contributed by atoms with Crippen LogP contribution >= 0.6 is 23.2 Å². The van der Waals surface area contributed by atoms with E-state index in [4.69, 9.17) is 23.2 Å². The van der Waals surface area contributed by atoms with Crippen LogP contribution in [0.1, 0.15) is 23.0 Å². The van der Waals surface area contributed by atoms with Gasteiger partial charge in [0.2, 0.25) is 0 Å². The van der Waals surface area contributed by atoms with Crippen molar-refractivity contribution in [2.75, 3.05) is 0 Å². The molecule has 0 atom stereocenters. The Balaban J connectivity index is 1.89. The molecule has 0 fully saturated rings. The summed E-state index contributed by atoms with van der Waals surface area (Å²) < 4.78 is 1.52. The van der Waals surface area contributed by atoms with E-state index >= 15 is 0 Å². The molecule has 2 aromatic carbocycles. The first-order valence-corrected chi connectivity index (χ1v) is 8.75. The van der Waals surface area contributed by atoms with Crippen molar-refractivity contribution in [2.24, 2.45) is 12.1 Å². The van der Waals surface area contributed by atoms with Crippen LogP contribution in [0.2, 0.25) is 10.0 Å². The van der Waals surface area contributed by atoms with Crippen molar-refractivity contribution in [3.63, 3.8) is 0 Å². The second-order valence-electron chi connectivity index (χ2n) is 5.80. The second kappa shape index (κ2) is 7.82. The van der Waals surface area contributed by atoms with Gasteiger partial charge < -0.3 is 5.11 Å². The Hall–Kier alpha value is -2.83. The zero-order chi connectivity index (χ0) is 19.6. The lowest BCUT2D eigenvalue weighted by molar-refractivity contribution is 0.0955. The van der Waals surface area contributed by atoms with Crippen LogP contribution in [0.5, 0.6) is 5.75 Å². The molecule has 6 nitrogen and oxygen atoms in total. The average Bonchev–Trinajstić information content (AvgIpc) is 2.97. The topological polar surface area (TPSA) is 79.5 Å². The molecule has 8 heteroatoms. The fourth-order valence-corrected chi connectivity index (χ4v) is 2.86. The van der Waals surface area contributed by atoms with Crippen molar-refractivity contribution in [1.82, 2.24) is 15.2 Å². The fourth-order valence-electron chi connectivity index (χ4n) is 2.57. The number of amides is 1. The number of rotatable bonds is 4. The number of aromatic nitrogens is 2. The minimum absolute atomic E-state index is 0.0638. The highest BCUT2D eigenvalue weighted by Crippen LogP contribution is 2.35. The third-order valence-corrected chi connectivity index (χ3v) is 4.66. The zero-order valence-electron chi connectivity index (χ0n) is 14.6. The van der Waals surface area contributed by atoms with Crippen molar-refractivity contribution in [3.05, 3.63) is 69.8 Å². The lowest BCUT2D eigenvalue weighted by atomic mass is 10.1. The highest BCUT2D eigenvalue weighted by atomic mass is 35.5. The molecule has 0 bridgehead atoms. The molecule has 3 aromatic rings. The van der Waals surface area contributed by atoms with Crippen LogP contribution in [0.15, 0.2) is 53.6 Å². The third-order valence-electron chi connectivity index (χ3n) is 3.92. The maximum Gasteiger partial charge on any atom is 0.271 e. The number of nitrogens with zero attached hydrogens (tertiary/aromatic N) is 3. The molecular weight excluding hydrogens is 387 g/mol. The summed E-state index contributed by atoms with van der Waals surface area (Å²) in [5.41, 5.74) is 4.68. The van der Waals surface area contributed by atoms with Gasteiger partial charge in [-0.2, -0.15) is 10.2 Å². The van der Waals surface area contributed by atoms with Gasteiger partial charge in [0, 0.05) is 18.2 Å². The molecule has 138 valence electrons. The number of hydrazone groups is 1. The molecule has 1 aromatic heterocycles. The minimum Gasteiger partial charge on any atom is -0.504 e. The van der Waals surface area contributed by atoms with Crippen molar-refractivity contribution in [2.45, 2.75) is 6.92 Å². The Bertz CT molecular complexity index is 1030. The molecule has 0 saturated carbocycles. The van der Waals surface area contributed by atoms with Gasteiger partial charge in [-0.3, -0.25) is 9.48 Å². The number of aromatic hydroxyl groups is 1. The molecule has 0 radical (unpaired) electrons. The Kier molecular flexibility index (Phi) is 5.48. The molecule has 0 aliphatic carbocycles. The summed E-state index contributed by atoms with van der Waals surface area (Å²) in [6.07, 6.45) is 0. The van der Waals surface area contributed by atoms with Gasteiger partial charge in [0.1, 0.15) is 5.69 Å². The van der Waals surface area contributed by atoms with E-state index in [1.165, 1.54) is 4.68 Å². The molecule has 0 spiro atoms. The van der Waals surface area contributed by atoms with Gasteiger partial charge in [0.05, 0.1) is 15.8 Å². The van der Waals surface area contributed by atoms with E-state index in [1.807, 2.05) is 6.07 Å². The van der Waals surface area contributed by atoms with Crippen LogP contribution in [0.3, 0.4) is 0 Å². The van der Waals surface area contributed by atoms with Gasteiger partial charge in [-0.1, -0.05) is 47.5 Å². The molecule has 0 aliphatic heterocycles. The number of carbonyl (C=O) groups is 1.